The van der Waals surface area contributed by atoms with Gasteiger partial charge in [0.2, 0.25) is 0 Å². The third kappa shape index (κ3) is 12.5. The number of unbranched alkanes of at least 4 members (excludes halogenated alkanes) is 7. The summed E-state index contributed by atoms with van der Waals surface area (Å²) in [5.74, 6) is 0. The fraction of sp³-hybridized carbons (Fsp3) is 1.00. The van der Waals surface area contributed by atoms with Crippen LogP contribution >= 0.6 is 0 Å². The predicted molar refractivity (Wildman–Crippen MR) is 113 cm³/mol. The molecule has 0 atom stereocenters. The highest BCUT2D eigenvalue weighted by atomic mass is 79.9. The van der Waals surface area contributed by atoms with Gasteiger partial charge >= 0.3 is 0 Å². The molecule has 166 valence electrons. The lowest BCUT2D eigenvalue weighted by Gasteiger charge is -2.36. The quantitative estimate of drug-likeness (QED) is 0.224. The number of aliphatic hydroxyl groups is 2. The third-order valence-corrected chi connectivity index (χ3v) is 6.85. The Morgan fingerprint density at radius 3 is 0.926 bits per heavy atom. The molecule has 0 aliphatic rings. The molecular formula is C22H50BrN2O2+. The van der Waals surface area contributed by atoms with Crippen molar-refractivity contribution in [3.8, 4) is 0 Å². The molecule has 0 amide bonds. The van der Waals surface area contributed by atoms with Crippen molar-refractivity contribution in [2.75, 3.05) is 65.6 Å². The number of halogens is 1. The Kier molecular flexibility index (Phi) is 20.1. The van der Waals surface area contributed by atoms with Crippen molar-refractivity contribution in [1.29, 1.82) is 0 Å². The highest BCUT2D eigenvalue weighted by Gasteiger charge is 2.22. The number of aliphatic hydroxyl groups excluding tert-OH is 2. The fourth-order valence-corrected chi connectivity index (χ4v) is 4.32. The van der Waals surface area contributed by atoms with Gasteiger partial charge in [-0.05, 0) is 53.4 Å². The first-order valence-corrected chi connectivity index (χ1v) is 11.5. The molecule has 0 spiro atoms. The molecule has 2 N–H and O–H groups in total. The summed E-state index contributed by atoms with van der Waals surface area (Å²) < 4.78 is 2.17. The lowest BCUT2D eigenvalue weighted by Crippen LogP contribution is -3.00. The van der Waals surface area contributed by atoms with Gasteiger partial charge in [-0.3, -0.25) is 0 Å². The molecule has 0 aromatic carbocycles. The summed E-state index contributed by atoms with van der Waals surface area (Å²) >= 11 is 0. The molecule has 0 rings (SSSR count). The first-order chi connectivity index (χ1) is 12.6. The Balaban J connectivity index is 0. The van der Waals surface area contributed by atoms with Crippen LogP contribution in [-0.4, -0.2) is 84.8 Å². The third-order valence-electron chi connectivity index (χ3n) is 6.85. The van der Waals surface area contributed by atoms with Gasteiger partial charge in [0.1, 0.15) is 13.1 Å². The maximum Gasteiger partial charge on any atom is 0.102 e. The number of hydrogen-bond acceptors (Lipinski definition) is 2. The molecule has 5 heteroatoms. The van der Waals surface area contributed by atoms with E-state index in [-0.39, 0.29) is 17.0 Å². The van der Waals surface area contributed by atoms with Crippen LogP contribution in [0, 0.1) is 0 Å². The molecule has 0 bridgehead atoms. The van der Waals surface area contributed by atoms with Crippen molar-refractivity contribution >= 4 is 0 Å². The summed E-state index contributed by atoms with van der Waals surface area (Å²) in [7, 11) is 0. The first kappa shape index (κ1) is 29.5. The van der Waals surface area contributed by atoms with E-state index in [0.717, 1.165) is 48.2 Å². The van der Waals surface area contributed by atoms with Crippen molar-refractivity contribution in [3.63, 3.8) is 0 Å². The summed E-state index contributed by atoms with van der Waals surface area (Å²) in [6.45, 7) is 18.5. The Hall–Kier alpha value is 0.320. The van der Waals surface area contributed by atoms with Crippen molar-refractivity contribution < 1.29 is 36.2 Å². The van der Waals surface area contributed by atoms with Crippen LogP contribution in [-0.2, 0) is 0 Å². The Labute approximate surface area is 180 Å². The molecule has 0 radical (unpaired) electrons. The van der Waals surface area contributed by atoms with Crippen molar-refractivity contribution in [1.82, 2.24) is 0 Å². The molecule has 0 heterocycles. The van der Waals surface area contributed by atoms with Crippen molar-refractivity contribution in [3.05, 3.63) is 0 Å². The van der Waals surface area contributed by atoms with Crippen LogP contribution in [0.3, 0.4) is 0 Å². The van der Waals surface area contributed by atoms with Crippen molar-refractivity contribution in [2.45, 2.75) is 79.1 Å². The number of nitrogens with zero attached hydrogens (tertiary/aromatic N) is 2. The summed E-state index contributed by atoms with van der Waals surface area (Å²) in [5, 5.41) is 18.6. The van der Waals surface area contributed by atoms with Crippen LogP contribution in [0.2, 0.25) is 0 Å². The van der Waals surface area contributed by atoms with E-state index in [0.29, 0.717) is 13.2 Å². The zero-order valence-electron chi connectivity index (χ0n) is 18.9. The van der Waals surface area contributed by atoms with Crippen LogP contribution in [0.25, 0.3) is 0 Å². The van der Waals surface area contributed by atoms with Gasteiger partial charge in [0, 0.05) is 0 Å². The minimum Gasteiger partial charge on any atom is -1.00 e. The van der Waals surface area contributed by atoms with Crippen LogP contribution in [0.15, 0.2) is 0 Å². The molecule has 0 fully saturated rings. The maximum absolute atomic E-state index is 9.29. The average molecular weight is 455 g/mol. The maximum atomic E-state index is 9.29. The highest BCUT2D eigenvalue weighted by molar-refractivity contribution is 4.50. The molecule has 0 aliphatic carbocycles. The average Bonchev–Trinajstić information content (AvgIpc) is 2.67. The number of quaternary nitrogens is 2. The van der Waals surface area contributed by atoms with Gasteiger partial charge in [-0.2, -0.15) is 0 Å². The van der Waals surface area contributed by atoms with Gasteiger partial charge in [0.05, 0.1) is 52.5 Å². The molecule has 0 unspecified atom stereocenters. The van der Waals surface area contributed by atoms with E-state index >= 15 is 0 Å². The van der Waals surface area contributed by atoms with E-state index < -0.39 is 0 Å². The van der Waals surface area contributed by atoms with E-state index in [9.17, 15) is 10.2 Å². The smallest absolute Gasteiger partial charge is 0.102 e. The van der Waals surface area contributed by atoms with Gasteiger partial charge in [-0.1, -0.05) is 25.7 Å². The van der Waals surface area contributed by atoms with Crippen LogP contribution in [0.1, 0.15) is 79.1 Å². The monoisotopic (exact) mass is 453 g/mol. The van der Waals surface area contributed by atoms with E-state index in [4.69, 9.17) is 0 Å². The minimum absolute atomic E-state index is 0. The lowest BCUT2D eigenvalue weighted by atomic mass is 10.1. The van der Waals surface area contributed by atoms with Crippen LogP contribution in [0.5, 0.6) is 0 Å². The molecule has 4 nitrogen and oxygen atoms in total. The predicted octanol–water partition coefficient (Wildman–Crippen LogP) is 0.809. The van der Waals surface area contributed by atoms with E-state index in [2.05, 4.69) is 27.7 Å². The van der Waals surface area contributed by atoms with Gasteiger partial charge in [-0.15, -0.1) is 0 Å². The summed E-state index contributed by atoms with van der Waals surface area (Å²) in [4.78, 5) is 0. The SMILES string of the molecule is CC[N+](CC)(CCO)CCCCCCCCCC[N+](CC)(CC)CCO.[Br-]. The van der Waals surface area contributed by atoms with Gasteiger partial charge in [-0.25, -0.2) is 0 Å². The molecular weight excluding hydrogens is 404 g/mol. The largest absolute Gasteiger partial charge is 1.00 e. The highest BCUT2D eigenvalue weighted by Crippen LogP contribution is 2.14. The second kappa shape index (κ2) is 18.4. The Bertz CT molecular complexity index is 279. The molecule has 27 heavy (non-hydrogen) atoms. The van der Waals surface area contributed by atoms with E-state index in [1.807, 2.05) is 0 Å². The van der Waals surface area contributed by atoms with Crippen LogP contribution in [0.4, 0.5) is 0 Å². The first-order valence-electron chi connectivity index (χ1n) is 11.5. The minimum atomic E-state index is 0. The van der Waals surface area contributed by atoms with E-state index in [1.165, 1.54) is 64.5 Å². The molecule has 0 saturated heterocycles. The van der Waals surface area contributed by atoms with Gasteiger partial charge < -0.3 is 36.2 Å². The lowest BCUT2D eigenvalue weighted by molar-refractivity contribution is -0.925. The molecule has 0 saturated carbocycles. The normalized spacial score (nSPS) is 12.2. The zero-order valence-corrected chi connectivity index (χ0v) is 20.5. The standard InChI is InChI=1S/C22H50N2O2.BrH/c1-5-23(6-2,19-21-25)17-15-13-11-9-10-12-14-16-18-24(7-3,8-4)20-22-26;/h25-26H,5-22H2,1-4H3;1H/q+2;/p-1. The summed E-state index contributed by atoms with van der Waals surface area (Å²) in [6.07, 6.45) is 10.8. The zero-order chi connectivity index (χ0) is 19.7. The second-order valence-electron chi connectivity index (χ2n) is 8.12. The number of rotatable bonds is 19. The van der Waals surface area contributed by atoms with Gasteiger partial charge in [0.15, 0.2) is 0 Å². The Morgan fingerprint density at radius 1 is 0.444 bits per heavy atom. The summed E-state index contributed by atoms with van der Waals surface area (Å²) in [5.41, 5.74) is 0. The Morgan fingerprint density at radius 2 is 0.704 bits per heavy atom. The van der Waals surface area contributed by atoms with Crippen molar-refractivity contribution in [2.24, 2.45) is 0 Å². The number of likely N-dealkylation sites (N-methyl/N-ethyl adjacent to an activating group) is 2. The van der Waals surface area contributed by atoms with E-state index in [1.54, 1.807) is 0 Å². The second-order valence-corrected chi connectivity index (χ2v) is 8.12. The topological polar surface area (TPSA) is 40.5 Å². The molecule has 0 aromatic rings. The molecule has 0 aromatic heterocycles. The fourth-order valence-electron chi connectivity index (χ4n) is 4.32. The molecule has 0 aliphatic heterocycles. The summed E-state index contributed by atoms with van der Waals surface area (Å²) in [6, 6.07) is 0. The number of hydrogen-bond donors (Lipinski definition) is 2. The van der Waals surface area contributed by atoms with Crippen LogP contribution < -0.4 is 17.0 Å². The van der Waals surface area contributed by atoms with Gasteiger partial charge in [0.25, 0.3) is 0 Å².